The molecule has 4 nitrogen and oxygen atoms in total. The number of aromatic nitrogens is 2. The Balaban J connectivity index is 2.07. The van der Waals surface area contributed by atoms with Crippen molar-refractivity contribution in [2.24, 2.45) is 0 Å². The number of anilines is 1. The lowest BCUT2D eigenvalue weighted by atomic mass is 10.5. The highest BCUT2D eigenvalue weighted by molar-refractivity contribution is 7.15. The van der Waals surface area contributed by atoms with Gasteiger partial charge in [0, 0.05) is 13.1 Å². The Morgan fingerprint density at radius 2 is 2.00 bits per heavy atom. The van der Waals surface area contributed by atoms with Gasteiger partial charge in [-0.1, -0.05) is 11.3 Å². The fourth-order valence-corrected chi connectivity index (χ4v) is 1.95. The topological polar surface area (TPSA) is 38.2 Å². The molecule has 1 aliphatic heterocycles. The molecule has 1 aromatic heterocycles. The summed E-state index contributed by atoms with van der Waals surface area (Å²) in [6.07, 6.45) is -2.53. The van der Waals surface area contributed by atoms with E-state index >= 15 is 0 Å². The first-order chi connectivity index (χ1) is 6.77. The van der Waals surface area contributed by atoms with E-state index < -0.39 is 6.43 Å². The van der Waals surface area contributed by atoms with Gasteiger partial charge in [-0.2, -0.15) is 0 Å². The largest absolute Gasteiger partial charge is 0.378 e. The maximum absolute atomic E-state index is 12.2. The lowest BCUT2D eigenvalue weighted by Gasteiger charge is -2.25. The normalized spacial score (nSPS) is 17.8. The van der Waals surface area contributed by atoms with Crippen molar-refractivity contribution >= 4 is 16.5 Å². The Kier molecular flexibility index (Phi) is 2.87. The predicted molar refractivity (Wildman–Crippen MR) is 47.9 cm³/mol. The smallest absolute Gasteiger partial charge is 0.291 e. The first-order valence-corrected chi connectivity index (χ1v) is 5.03. The van der Waals surface area contributed by atoms with E-state index in [0.717, 1.165) is 11.3 Å². The minimum Gasteiger partial charge on any atom is -0.378 e. The molecular formula is C7H9F2N3OS. The summed E-state index contributed by atoms with van der Waals surface area (Å²) < 4.78 is 29.6. The number of ether oxygens (including phenoxy) is 1. The second-order valence-electron chi connectivity index (χ2n) is 2.82. The van der Waals surface area contributed by atoms with Crippen LogP contribution in [0.1, 0.15) is 11.4 Å². The molecule has 2 rings (SSSR count). The Hall–Kier alpha value is -0.820. The lowest BCUT2D eigenvalue weighted by molar-refractivity contribution is 0.122. The van der Waals surface area contributed by atoms with Crippen molar-refractivity contribution in [2.45, 2.75) is 6.43 Å². The SMILES string of the molecule is FC(F)c1nnc(N2CCOCC2)s1. The fourth-order valence-electron chi connectivity index (χ4n) is 1.20. The Morgan fingerprint density at radius 1 is 1.29 bits per heavy atom. The molecule has 14 heavy (non-hydrogen) atoms. The minimum atomic E-state index is -2.53. The van der Waals surface area contributed by atoms with Gasteiger partial charge in [0.2, 0.25) is 5.13 Å². The molecule has 1 aromatic rings. The van der Waals surface area contributed by atoms with E-state index in [2.05, 4.69) is 10.2 Å². The van der Waals surface area contributed by atoms with Crippen LogP contribution >= 0.6 is 11.3 Å². The quantitative estimate of drug-likeness (QED) is 0.754. The fraction of sp³-hybridized carbons (Fsp3) is 0.714. The molecule has 1 saturated heterocycles. The molecule has 0 atom stereocenters. The molecule has 0 aromatic carbocycles. The van der Waals surface area contributed by atoms with Gasteiger partial charge < -0.3 is 9.64 Å². The van der Waals surface area contributed by atoms with Crippen LogP contribution in [0.15, 0.2) is 0 Å². The zero-order chi connectivity index (χ0) is 9.97. The molecule has 7 heteroatoms. The Labute approximate surface area is 83.5 Å². The van der Waals surface area contributed by atoms with Gasteiger partial charge in [0.25, 0.3) is 6.43 Å². The van der Waals surface area contributed by atoms with Crippen molar-refractivity contribution in [3.8, 4) is 0 Å². The third kappa shape index (κ3) is 1.98. The third-order valence-corrected chi connectivity index (χ3v) is 2.89. The molecule has 0 aliphatic carbocycles. The average Bonchev–Trinajstić information content (AvgIpc) is 2.68. The highest BCUT2D eigenvalue weighted by Gasteiger charge is 2.19. The number of hydrogen-bond donors (Lipinski definition) is 0. The van der Waals surface area contributed by atoms with E-state index in [1.54, 1.807) is 0 Å². The van der Waals surface area contributed by atoms with E-state index in [9.17, 15) is 8.78 Å². The van der Waals surface area contributed by atoms with Crippen LogP contribution in [0.3, 0.4) is 0 Å². The highest BCUT2D eigenvalue weighted by atomic mass is 32.1. The van der Waals surface area contributed by atoms with Gasteiger partial charge in [0.1, 0.15) is 0 Å². The molecule has 0 spiro atoms. The second-order valence-corrected chi connectivity index (χ2v) is 3.81. The third-order valence-electron chi connectivity index (χ3n) is 1.90. The summed E-state index contributed by atoms with van der Waals surface area (Å²) in [5, 5.41) is 7.49. The minimum absolute atomic E-state index is 0.216. The molecule has 0 N–H and O–H groups in total. The number of morpholine rings is 1. The van der Waals surface area contributed by atoms with Gasteiger partial charge in [-0.05, 0) is 0 Å². The van der Waals surface area contributed by atoms with Crippen LogP contribution in [-0.4, -0.2) is 36.5 Å². The van der Waals surface area contributed by atoms with Crippen LogP contribution in [0.25, 0.3) is 0 Å². The van der Waals surface area contributed by atoms with Crippen LogP contribution < -0.4 is 4.90 Å². The lowest BCUT2D eigenvalue weighted by Crippen LogP contribution is -2.36. The summed E-state index contributed by atoms with van der Waals surface area (Å²) in [5.41, 5.74) is 0. The van der Waals surface area contributed by atoms with E-state index in [0.29, 0.717) is 31.4 Å². The summed E-state index contributed by atoms with van der Waals surface area (Å²) in [7, 11) is 0. The van der Waals surface area contributed by atoms with E-state index in [1.165, 1.54) is 0 Å². The molecule has 0 radical (unpaired) electrons. The molecule has 0 saturated carbocycles. The van der Waals surface area contributed by atoms with Gasteiger partial charge in [-0.25, -0.2) is 8.78 Å². The maximum atomic E-state index is 12.2. The van der Waals surface area contributed by atoms with Gasteiger partial charge in [-0.3, -0.25) is 0 Å². The highest BCUT2D eigenvalue weighted by Crippen LogP contribution is 2.27. The summed E-state index contributed by atoms with van der Waals surface area (Å²) in [6.45, 7) is 2.61. The number of halogens is 2. The number of hydrogen-bond acceptors (Lipinski definition) is 5. The zero-order valence-electron chi connectivity index (χ0n) is 7.32. The van der Waals surface area contributed by atoms with Crippen LogP contribution in [0.2, 0.25) is 0 Å². The van der Waals surface area contributed by atoms with Crippen LogP contribution in [0.4, 0.5) is 13.9 Å². The summed E-state index contributed by atoms with van der Waals surface area (Å²) in [6, 6.07) is 0. The molecule has 0 unspecified atom stereocenters. The number of nitrogens with zero attached hydrogens (tertiary/aromatic N) is 3. The molecule has 0 bridgehead atoms. The first kappa shape index (κ1) is 9.72. The molecule has 2 heterocycles. The van der Waals surface area contributed by atoms with Crippen LogP contribution in [-0.2, 0) is 4.74 Å². The summed E-state index contributed by atoms with van der Waals surface area (Å²) in [4.78, 5) is 1.91. The van der Waals surface area contributed by atoms with E-state index in [4.69, 9.17) is 4.74 Å². The second kappa shape index (κ2) is 4.14. The first-order valence-electron chi connectivity index (χ1n) is 4.21. The van der Waals surface area contributed by atoms with Crippen molar-refractivity contribution in [1.82, 2.24) is 10.2 Å². The van der Waals surface area contributed by atoms with Crippen molar-refractivity contribution in [2.75, 3.05) is 31.2 Å². The summed E-state index contributed by atoms with van der Waals surface area (Å²) >= 11 is 0.946. The molecule has 1 aliphatic rings. The van der Waals surface area contributed by atoms with Crippen LogP contribution in [0, 0.1) is 0 Å². The van der Waals surface area contributed by atoms with Crippen molar-refractivity contribution in [3.05, 3.63) is 5.01 Å². The maximum Gasteiger partial charge on any atom is 0.291 e. The standard InChI is InChI=1S/C7H9F2N3OS/c8-5(9)6-10-11-7(14-6)12-1-3-13-4-2-12/h5H,1-4H2. The molecule has 1 fully saturated rings. The molecule has 0 amide bonds. The van der Waals surface area contributed by atoms with Crippen molar-refractivity contribution in [3.63, 3.8) is 0 Å². The zero-order valence-corrected chi connectivity index (χ0v) is 8.14. The van der Waals surface area contributed by atoms with Crippen molar-refractivity contribution in [1.29, 1.82) is 0 Å². The molecule has 78 valence electrons. The van der Waals surface area contributed by atoms with Crippen molar-refractivity contribution < 1.29 is 13.5 Å². The number of rotatable bonds is 2. The average molecular weight is 221 g/mol. The van der Waals surface area contributed by atoms with Gasteiger partial charge in [0.15, 0.2) is 5.01 Å². The Bertz CT molecular complexity index is 301. The molecular weight excluding hydrogens is 212 g/mol. The van der Waals surface area contributed by atoms with E-state index in [1.807, 2.05) is 4.90 Å². The van der Waals surface area contributed by atoms with E-state index in [-0.39, 0.29) is 5.01 Å². The predicted octanol–water partition coefficient (Wildman–Crippen LogP) is 1.31. The van der Waals surface area contributed by atoms with Gasteiger partial charge >= 0.3 is 0 Å². The number of alkyl halides is 2. The van der Waals surface area contributed by atoms with Crippen LogP contribution in [0.5, 0.6) is 0 Å². The summed E-state index contributed by atoms with van der Waals surface area (Å²) in [5.74, 6) is 0. The Morgan fingerprint density at radius 3 is 2.57 bits per heavy atom. The monoisotopic (exact) mass is 221 g/mol. The van der Waals surface area contributed by atoms with Gasteiger partial charge in [-0.15, -0.1) is 10.2 Å². The van der Waals surface area contributed by atoms with Gasteiger partial charge in [0.05, 0.1) is 13.2 Å².